The van der Waals surface area contributed by atoms with Gasteiger partial charge in [-0.2, -0.15) is 5.10 Å². The van der Waals surface area contributed by atoms with Gasteiger partial charge in [0, 0.05) is 42.2 Å². The summed E-state index contributed by atoms with van der Waals surface area (Å²) in [5, 5.41) is 7.42. The van der Waals surface area contributed by atoms with Crippen LogP contribution in [0.2, 0.25) is 0 Å². The molecule has 0 radical (unpaired) electrons. The number of amides is 1. The lowest BCUT2D eigenvalue weighted by molar-refractivity contribution is -0.121. The predicted octanol–water partition coefficient (Wildman–Crippen LogP) is 2.70. The van der Waals surface area contributed by atoms with Crippen molar-refractivity contribution in [2.75, 3.05) is 6.61 Å². The number of nitrogens with zero attached hydrogens (tertiary/aromatic N) is 4. The molecule has 7 nitrogen and oxygen atoms in total. The van der Waals surface area contributed by atoms with E-state index in [1.54, 1.807) is 6.20 Å². The molecule has 0 bridgehead atoms. The van der Waals surface area contributed by atoms with Crippen LogP contribution in [0, 0.1) is 20.8 Å². The van der Waals surface area contributed by atoms with Crippen LogP contribution >= 0.6 is 0 Å². The Hall–Kier alpha value is -2.96. The number of aromatic nitrogens is 4. The van der Waals surface area contributed by atoms with Gasteiger partial charge in [0.15, 0.2) is 5.65 Å². The first-order valence-electron chi connectivity index (χ1n) is 9.15. The zero-order valence-corrected chi connectivity index (χ0v) is 16.2. The van der Waals surface area contributed by atoms with Crippen LogP contribution in [0.1, 0.15) is 41.6 Å². The van der Waals surface area contributed by atoms with Gasteiger partial charge in [0.1, 0.15) is 0 Å². The Morgan fingerprint density at radius 3 is 2.89 bits per heavy atom. The minimum atomic E-state index is -0.0168. The Kier molecular flexibility index (Phi) is 5.69. The van der Waals surface area contributed by atoms with Crippen LogP contribution in [0.5, 0.6) is 5.88 Å². The molecular formula is C20H25N5O2. The van der Waals surface area contributed by atoms with Crippen molar-refractivity contribution < 1.29 is 9.53 Å². The van der Waals surface area contributed by atoms with Crippen molar-refractivity contribution in [1.82, 2.24) is 24.9 Å². The molecule has 0 fully saturated rings. The van der Waals surface area contributed by atoms with E-state index in [4.69, 9.17) is 4.74 Å². The summed E-state index contributed by atoms with van der Waals surface area (Å²) in [5.41, 5.74) is 5.69. The zero-order chi connectivity index (χ0) is 19.4. The molecule has 1 amide bonds. The summed E-state index contributed by atoms with van der Waals surface area (Å²) in [4.78, 5) is 21.1. The third-order valence-corrected chi connectivity index (χ3v) is 4.50. The number of hydrogen-bond donors (Lipinski definition) is 1. The molecule has 0 saturated heterocycles. The quantitative estimate of drug-likeness (QED) is 0.694. The number of rotatable bonds is 7. The molecule has 3 rings (SSSR count). The van der Waals surface area contributed by atoms with Crippen molar-refractivity contribution in [3.8, 4) is 5.88 Å². The fourth-order valence-electron chi connectivity index (χ4n) is 3.15. The molecule has 3 aromatic heterocycles. The lowest BCUT2D eigenvalue weighted by atomic mass is 10.1. The van der Waals surface area contributed by atoms with Crippen molar-refractivity contribution in [2.45, 2.75) is 47.1 Å². The van der Waals surface area contributed by atoms with E-state index in [0.717, 1.165) is 33.9 Å². The second-order valence-electron chi connectivity index (χ2n) is 6.49. The number of aryl methyl sites for hydroxylation is 3. The van der Waals surface area contributed by atoms with Gasteiger partial charge in [-0.25, -0.2) is 14.5 Å². The van der Waals surface area contributed by atoms with E-state index in [1.165, 1.54) is 0 Å². The van der Waals surface area contributed by atoms with Crippen LogP contribution < -0.4 is 10.1 Å². The highest BCUT2D eigenvalue weighted by molar-refractivity contribution is 5.76. The van der Waals surface area contributed by atoms with Gasteiger partial charge in [0.2, 0.25) is 11.8 Å². The fraction of sp³-hybridized carbons (Fsp3) is 0.400. The molecule has 0 aliphatic rings. The molecule has 0 unspecified atom stereocenters. The van der Waals surface area contributed by atoms with Crippen molar-refractivity contribution in [2.24, 2.45) is 0 Å². The van der Waals surface area contributed by atoms with E-state index in [0.29, 0.717) is 31.9 Å². The van der Waals surface area contributed by atoms with Crippen molar-refractivity contribution in [1.29, 1.82) is 0 Å². The van der Waals surface area contributed by atoms with Crippen LogP contribution in [0.25, 0.3) is 5.65 Å². The maximum absolute atomic E-state index is 12.3. The third kappa shape index (κ3) is 4.24. The largest absolute Gasteiger partial charge is 0.478 e. The van der Waals surface area contributed by atoms with Gasteiger partial charge in [-0.05, 0) is 45.7 Å². The van der Waals surface area contributed by atoms with Crippen molar-refractivity contribution >= 4 is 11.6 Å². The topological polar surface area (TPSA) is 81.4 Å². The molecule has 0 atom stereocenters. The average Bonchev–Trinajstić information content (AvgIpc) is 3.01. The van der Waals surface area contributed by atoms with Gasteiger partial charge >= 0.3 is 0 Å². The number of ether oxygens (including phenoxy) is 1. The highest BCUT2D eigenvalue weighted by atomic mass is 16.5. The molecule has 0 aliphatic heterocycles. The van der Waals surface area contributed by atoms with Crippen molar-refractivity contribution in [3.05, 3.63) is 52.6 Å². The molecular weight excluding hydrogens is 342 g/mol. The molecule has 3 heterocycles. The molecule has 0 spiro atoms. The highest BCUT2D eigenvalue weighted by Crippen LogP contribution is 2.17. The highest BCUT2D eigenvalue weighted by Gasteiger charge is 2.13. The molecule has 7 heteroatoms. The van der Waals surface area contributed by atoms with E-state index in [1.807, 2.05) is 50.4 Å². The zero-order valence-electron chi connectivity index (χ0n) is 16.2. The van der Waals surface area contributed by atoms with Crippen LogP contribution in [0.4, 0.5) is 0 Å². The van der Waals surface area contributed by atoms with Gasteiger partial charge in [-0.3, -0.25) is 4.79 Å². The Balaban J connectivity index is 1.64. The van der Waals surface area contributed by atoms with Crippen molar-refractivity contribution in [3.63, 3.8) is 0 Å². The standard InChI is InChI=1S/C20H25N5O2/c1-5-27-20-16(7-6-10-21-20)12-22-19(26)9-8-17-14(3)23-18-11-13(2)24-25(18)15(17)4/h6-7,10-11H,5,8-9,12H2,1-4H3,(H,22,26). The van der Waals surface area contributed by atoms with Crippen LogP contribution in [0.3, 0.4) is 0 Å². The summed E-state index contributed by atoms with van der Waals surface area (Å²) in [7, 11) is 0. The lowest BCUT2D eigenvalue weighted by Crippen LogP contribution is -2.24. The van der Waals surface area contributed by atoms with Gasteiger partial charge < -0.3 is 10.1 Å². The molecule has 27 heavy (non-hydrogen) atoms. The van der Waals surface area contributed by atoms with E-state index >= 15 is 0 Å². The summed E-state index contributed by atoms with van der Waals surface area (Å²) in [5.74, 6) is 0.549. The summed E-state index contributed by atoms with van der Waals surface area (Å²) < 4.78 is 7.34. The van der Waals surface area contributed by atoms with Gasteiger partial charge in [0.05, 0.1) is 12.3 Å². The van der Waals surface area contributed by atoms with E-state index in [2.05, 4.69) is 20.4 Å². The Labute approximate surface area is 158 Å². The summed E-state index contributed by atoms with van der Waals surface area (Å²) in [6.07, 6.45) is 2.69. The number of pyridine rings is 1. The first-order chi connectivity index (χ1) is 13.0. The van der Waals surface area contributed by atoms with Gasteiger partial charge in [-0.1, -0.05) is 6.07 Å². The molecule has 0 aromatic carbocycles. The average molecular weight is 367 g/mol. The SMILES string of the molecule is CCOc1ncccc1CNC(=O)CCc1c(C)nc2cc(C)nn2c1C. The monoisotopic (exact) mass is 367 g/mol. The number of nitrogens with one attached hydrogen (secondary N) is 1. The first kappa shape index (κ1) is 18.8. The van der Waals surface area contributed by atoms with Gasteiger partial charge in [-0.15, -0.1) is 0 Å². The first-order valence-corrected chi connectivity index (χ1v) is 9.15. The van der Waals surface area contributed by atoms with Crippen LogP contribution in [0.15, 0.2) is 24.4 Å². The van der Waals surface area contributed by atoms with Gasteiger partial charge in [0.25, 0.3) is 0 Å². The predicted molar refractivity (Wildman–Crippen MR) is 103 cm³/mol. The number of carbonyl (C=O) groups is 1. The normalized spacial score (nSPS) is 11.0. The smallest absolute Gasteiger partial charge is 0.220 e. The molecule has 0 saturated carbocycles. The molecule has 0 aliphatic carbocycles. The van der Waals surface area contributed by atoms with E-state index in [9.17, 15) is 4.79 Å². The number of carbonyl (C=O) groups excluding carboxylic acids is 1. The second kappa shape index (κ2) is 8.16. The maximum atomic E-state index is 12.3. The summed E-state index contributed by atoms with van der Waals surface area (Å²) in [6.45, 7) is 8.80. The maximum Gasteiger partial charge on any atom is 0.220 e. The van der Waals surface area contributed by atoms with Crippen LogP contribution in [-0.2, 0) is 17.8 Å². The van der Waals surface area contributed by atoms with Crippen LogP contribution in [-0.4, -0.2) is 32.1 Å². The third-order valence-electron chi connectivity index (χ3n) is 4.50. The van der Waals surface area contributed by atoms with E-state index < -0.39 is 0 Å². The molecule has 3 aromatic rings. The number of hydrogen-bond acceptors (Lipinski definition) is 5. The minimum absolute atomic E-state index is 0.0168. The summed E-state index contributed by atoms with van der Waals surface area (Å²) in [6, 6.07) is 5.70. The Bertz CT molecular complexity index is 964. The second-order valence-corrected chi connectivity index (χ2v) is 6.49. The Morgan fingerprint density at radius 2 is 2.11 bits per heavy atom. The summed E-state index contributed by atoms with van der Waals surface area (Å²) >= 11 is 0. The van der Waals surface area contributed by atoms with E-state index in [-0.39, 0.29) is 5.91 Å². The molecule has 142 valence electrons. The molecule has 1 N–H and O–H groups in total. The lowest BCUT2D eigenvalue weighted by Gasteiger charge is -2.12. The Morgan fingerprint density at radius 1 is 1.30 bits per heavy atom. The fourth-order valence-corrected chi connectivity index (χ4v) is 3.15. The minimum Gasteiger partial charge on any atom is -0.478 e. The number of fused-ring (bicyclic) bond motifs is 1.